The van der Waals surface area contributed by atoms with E-state index < -0.39 is 0 Å². The van der Waals surface area contributed by atoms with E-state index in [0.29, 0.717) is 17.8 Å². The summed E-state index contributed by atoms with van der Waals surface area (Å²) in [6, 6.07) is 9.58. The van der Waals surface area contributed by atoms with Gasteiger partial charge in [0.15, 0.2) is 0 Å². The zero-order chi connectivity index (χ0) is 16.8. The van der Waals surface area contributed by atoms with Gasteiger partial charge >= 0.3 is 6.03 Å². The smallest absolute Gasteiger partial charge is 0.319 e. The minimum absolute atomic E-state index is 0.134. The van der Waals surface area contributed by atoms with Gasteiger partial charge < -0.3 is 20.9 Å². The molecule has 0 spiro atoms. The molecule has 23 heavy (non-hydrogen) atoms. The summed E-state index contributed by atoms with van der Waals surface area (Å²) in [5.41, 5.74) is 2.35. The van der Waals surface area contributed by atoms with E-state index in [4.69, 9.17) is 0 Å². The highest BCUT2D eigenvalue weighted by molar-refractivity contribution is 5.98. The Morgan fingerprint density at radius 1 is 1.30 bits per heavy atom. The van der Waals surface area contributed by atoms with Crippen molar-refractivity contribution in [1.29, 1.82) is 0 Å². The number of amides is 3. The van der Waals surface area contributed by atoms with Crippen LogP contribution in [0.4, 0.5) is 10.5 Å². The molecule has 6 nitrogen and oxygen atoms in total. The van der Waals surface area contributed by atoms with E-state index in [2.05, 4.69) is 33.0 Å². The molecule has 0 saturated heterocycles. The second-order valence-corrected chi connectivity index (χ2v) is 5.73. The van der Waals surface area contributed by atoms with Crippen molar-refractivity contribution in [3.63, 3.8) is 0 Å². The molecule has 0 bridgehead atoms. The Hall–Kier alpha value is -2.50. The first-order valence-corrected chi connectivity index (χ1v) is 7.81. The molecule has 3 N–H and O–H groups in total. The Morgan fingerprint density at radius 2 is 2.00 bits per heavy atom. The fourth-order valence-corrected chi connectivity index (χ4v) is 2.66. The van der Waals surface area contributed by atoms with Crippen LogP contribution in [0.15, 0.2) is 41.6 Å². The van der Waals surface area contributed by atoms with Gasteiger partial charge in [-0.1, -0.05) is 18.2 Å². The van der Waals surface area contributed by atoms with Crippen molar-refractivity contribution in [1.82, 2.24) is 16.0 Å². The Labute approximate surface area is 136 Å². The van der Waals surface area contributed by atoms with Crippen LogP contribution in [-0.2, 0) is 4.79 Å². The number of allylic oxidation sites excluding steroid dienone is 1. The van der Waals surface area contributed by atoms with Crippen molar-refractivity contribution in [3.8, 4) is 0 Å². The number of hydrogen-bond acceptors (Lipinski definition) is 3. The molecule has 1 unspecified atom stereocenters. The molecule has 0 saturated carbocycles. The fraction of sp³-hybridized carbons (Fsp3) is 0.412. The average Bonchev–Trinajstić information content (AvgIpc) is 2.51. The monoisotopic (exact) mass is 316 g/mol. The Balaban J connectivity index is 1.79. The first-order valence-electron chi connectivity index (χ1n) is 7.81. The summed E-state index contributed by atoms with van der Waals surface area (Å²) >= 11 is 0. The number of carbonyl (C=O) groups is 2. The van der Waals surface area contributed by atoms with E-state index in [0.717, 1.165) is 18.7 Å². The highest BCUT2D eigenvalue weighted by Crippen LogP contribution is 2.12. The van der Waals surface area contributed by atoms with Crippen LogP contribution in [0.2, 0.25) is 0 Å². The SMILES string of the molecule is CC1=C(C(=O)NCCCN(C)c2ccccc2)C(C)NC(=O)N1. The number of hydrogen-bond donors (Lipinski definition) is 3. The summed E-state index contributed by atoms with van der Waals surface area (Å²) in [5, 5.41) is 8.25. The van der Waals surface area contributed by atoms with E-state index in [1.807, 2.05) is 25.2 Å². The zero-order valence-electron chi connectivity index (χ0n) is 13.8. The summed E-state index contributed by atoms with van der Waals surface area (Å²) in [4.78, 5) is 25.7. The van der Waals surface area contributed by atoms with E-state index in [9.17, 15) is 9.59 Å². The van der Waals surface area contributed by atoms with Crippen molar-refractivity contribution in [2.75, 3.05) is 25.0 Å². The van der Waals surface area contributed by atoms with Crippen LogP contribution >= 0.6 is 0 Å². The maximum absolute atomic E-state index is 12.3. The van der Waals surface area contributed by atoms with Crippen LogP contribution in [0, 0.1) is 0 Å². The van der Waals surface area contributed by atoms with Crippen LogP contribution in [0.1, 0.15) is 20.3 Å². The van der Waals surface area contributed by atoms with Gasteiger partial charge in [0.05, 0.1) is 11.6 Å². The summed E-state index contributed by atoms with van der Waals surface area (Å²) in [6.45, 7) is 4.99. The number of benzene rings is 1. The third-order valence-corrected chi connectivity index (χ3v) is 3.88. The number of anilines is 1. The van der Waals surface area contributed by atoms with E-state index >= 15 is 0 Å². The molecule has 0 fully saturated rings. The van der Waals surface area contributed by atoms with Crippen molar-refractivity contribution in [2.45, 2.75) is 26.3 Å². The van der Waals surface area contributed by atoms with Gasteiger partial charge in [0.25, 0.3) is 5.91 Å². The quantitative estimate of drug-likeness (QED) is 0.698. The van der Waals surface area contributed by atoms with Gasteiger partial charge in [-0.25, -0.2) is 4.79 Å². The minimum Gasteiger partial charge on any atom is -0.375 e. The molecule has 1 aliphatic heterocycles. The summed E-state index contributed by atoms with van der Waals surface area (Å²) in [7, 11) is 2.03. The predicted molar refractivity (Wildman–Crippen MR) is 91.2 cm³/mol. The molecule has 6 heteroatoms. The second kappa shape index (κ2) is 7.67. The maximum Gasteiger partial charge on any atom is 0.319 e. The van der Waals surface area contributed by atoms with Crippen molar-refractivity contribution >= 4 is 17.6 Å². The molecule has 124 valence electrons. The van der Waals surface area contributed by atoms with Gasteiger partial charge in [0, 0.05) is 31.5 Å². The fourth-order valence-electron chi connectivity index (χ4n) is 2.66. The van der Waals surface area contributed by atoms with Gasteiger partial charge in [-0.15, -0.1) is 0 Å². The highest BCUT2D eigenvalue weighted by atomic mass is 16.2. The summed E-state index contributed by atoms with van der Waals surface area (Å²) < 4.78 is 0. The molecule has 1 aromatic rings. The second-order valence-electron chi connectivity index (χ2n) is 5.73. The van der Waals surface area contributed by atoms with Crippen LogP contribution in [0.3, 0.4) is 0 Å². The Kier molecular flexibility index (Phi) is 5.62. The molecule has 0 aliphatic carbocycles. The molecule has 0 aromatic heterocycles. The lowest BCUT2D eigenvalue weighted by molar-refractivity contribution is -0.117. The molecule has 3 amide bonds. The van der Waals surface area contributed by atoms with Gasteiger partial charge in [-0.2, -0.15) is 0 Å². The van der Waals surface area contributed by atoms with Crippen molar-refractivity contribution < 1.29 is 9.59 Å². The third kappa shape index (κ3) is 4.48. The van der Waals surface area contributed by atoms with E-state index in [1.165, 1.54) is 0 Å². The average molecular weight is 316 g/mol. The third-order valence-electron chi connectivity index (χ3n) is 3.88. The number of para-hydroxylation sites is 1. The van der Waals surface area contributed by atoms with Crippen molar-refractivity contribution in [2.24, 2.45) is 0 Å². The van der Waals surface area contributed by atoms with Crippen molar-refractivity contribution in [3.05, 3.63) is 41.6 Å². The minimum atomic E-state index is -0.282. The van der Waals surface area contributed by atoms with Crippen LogP contribution < -0.4 is 20.9 Å². The molecule has 1 aliphatic rings. The van der Waals surface area contributed by atoms with Crippen LogP contribution in [0.25, 0.3) is 0 Å². The zero-order valence-corrected chi connectivity index (χ0v) is 13.8. The molecule has 1 aromatic carbocycles. The molecule has 0 radical (unpaired) electrons. The van der Waals surface area contributed by atoms with Gasteiger partial charge in [-0.3, -0.25) is 4.79 Å². The number of nitrogens with one attached hydrogen (secondary N) is 3. The lowest BCUT2D eigenvalue weighted by Gasteiger charge is -2.25. The topological polar surface area (TPSA) is 73.5 Å². The maximum atomic E-state index is 12.3. The lowest BCUT2D eigenvalue weighted by atomic mass is 10.0. The molecular weight excluding hydrogens is 292 g/mol. The van der Waals surface area contributed by atoms with E-state index in [1.54, 1.807) is 13.8 Å². The largest absolute Gasteiger partial charge is 0.375 e. The Morgan fingerprint density at radius 3 is 2.65 bits per heavy atom. The number of urea groups is 1. The van der Waals surface area contributed by atoms with Crippen LogP contribution in [-0.4, -0.2) is 38.1 Å². The molecule has 1 atom stereocenters. The highest BCUT2D eigenvalue weighted by Gasteiger charge is 2.26. The van der Waals surface area contributed by atoms with Gasteiger partial charge in [0.1, 0.15) is 0 Å². The summed E-state index contributed by atoms with van der Waals surface area (Å²) in [5.74, 6) is -0.134. The normalized spacial score (nSPS) is 17.3. The Bertz CT molecular complexity index is 598. The van der Waals surface area contributed by atoms with Gasteiger partial charge in [0.2, 0.25) is 0 Å². The lowest BCUT2D eigenvalue weighted by Crippen LogP contribution is -2.50. The predicted octanol–water partition coefficient (Wildman–Crippen LogP) is 1.60. The molecular formula is C17H24N4O2. The summed E-state index contributed by atoms with van der Waals surface area (Å²) in [6.07, 6.45) is 0.845. The van der Waals surface area contributed by atoms with Gasteiger partial charge in [-0.05, 0) is 32.4 Å². The van der Waals surface area contributed by atoms with Crippen LogP contribution in [0.5, 0.6) is 0 Å². The molecule has 2 rings (SSSR count). The number of rotatable bonds is 6. The number of carbonyl (C=O) groups excluding carboxylic acids is 2. The van der Waals surface area contributed by atoms with E-state index in [-0.39, 0.29) is 18.0 Å². The first kappa shape index (κ1) is 16.9. The molecule has 1 heterocycles. The first-order chi connectivity index (χ1) is 11.0. The number of nitrogens with zero attached hydrogens (tertiary/aromatic N) is 1. The standard InChI is InChI=1S/C17H24N4O2/c1-12-15(13(2)20-17(23)19-12)16(22)18-10-7-11-21(3)14-8-5-4-6-9-14/h4-6,8-9,12H,7,10-11H2,1-3H3,(H,18,22)(H2,19,20,23).